The third-order valence-electron chi connectivity index (χ3n) is 6.77. The summed E-state index contributed by atoms with van der Waals surface area (Å²) in [5, 5.41) is 2.92. The summed E-state index contributed by atoms with van der Waals surface area (Å²) in [7, 11) is 0. The first-order valence-electron chi connectivity index (χ1n) is 12.3. The summed E-state index contributed by atoms with van der Waals surface area (Å²) >= 11 is 0. The molecule has 7 heteroatoms. The average molecular weight is 463 g/mol. The minimum absolute atomic E-state index is 0.00712. The molecule has 1 N–H and O–H groups in total. The summed E-state index contributed by atoms with van der Waals surface area (Å²) in [5.41, 5.74) is 2.16. The Hall–Kier alpha value is -3.19. The van der Waals surface area contributed by atoms with E-state index in [0.717, 1.165) is 37.1 Å². The molecule has 0 spiro atoms. The molecule has 4 rings (SSSR count). The van der Waals surface area contributed by atoms with E-state index < -0.39 is 0 Å². The molecule has 34 heavy (non-hydrogen) atoms. The van der Waals surface area contributed by atoms with E-state index in [9.17, 15) is 14.4 Å². The standard InChI is InChI=1S/C27H34N4O3/c1-3-15-30(22-13-16-29(17-14-22)27(34)21-9-5-4-6-10-21)19-26(33)31-20(2)18-25(32)28-23-11-7-8-12-24(23)31/h4-12,20,22H,3,13-19H2,1-2H3,(H,28,32). The number of hydrogen-bond donors (Lipinski definition) is 1. The van der Waals surface area contributed by atoms with Gasteiger partial charge in [-0.05, 0) is 57.0 Å². The van der Waals surface area contributed by atoms with E-state index in [-0.39, 0.29) is 36.2 Å². The van der Waals surface area contributed by atoms with Crippen LogP contribution in [-0.2, 0) is 9.59 Å². The van der Waals surface area contributed by atoms with Gasteiger partial charge in [-0.25, -0.2) is 0 Å². The fraction of sp³-hybridized carbons (Fsp3) is 0.444. The second-order valence-electron chi connectivity index (χ2n) is 9.24. The maximum Gasteiger partial charge on any atom is 0.253 e. The van der Waals surface area contributed by atoms with Crippen molar-refractivity contribution in [2.75, 3.05) is 36.4 Å². The third kappa shape index (κ3) is 5.30. The second kappa shape index (κ2) is 10.8. The zero-order valence-corrected chi connectivity index (χ0v) is 20.1. The molecular weight excluding hydrogens is 428 g/mol. The van der Waals surface area contributed by atoms with Crippen LogP contribution >= 0.6 is 0 Å². The third-order valence-corrected chi connectivity index (χ3v) is 6.77. The van der Waals surface area contributed by atoms with Crippen molar-refractivity contribution in [2.45, 2.75) is 51.6 Å². The van der Waals surface area contributed by atoms with Crippen molar-refractivity contribution in [1.29, 1.82) is 0 Å². The summed E-state index contributed by atoms with van der Waals surface area (Å²) in [6, 6.07) is 16.9. The first-order valence-corrected chi connectivity index (χ1v) is 12.3. The van der Waals surface area contributed by atoms with Crippen LogP contribution in [0.2, 0.25) is 0 Å². The quantitative estimate of drug-likeness (QED) is 0.709. The van der Waals surface area contributed by atoms with Gasteiger partial charge in [-0.3, -0.25) is 19.3 Å². The molecule has 0 aromatic heterocycles. The molecule has 1 atom stereocenters. The van der Waals surface area contributed by atoms with Gasteiger partial charge in [0.15, 0.2) is 0 Å². The normalized spacial score (nSPS) is 18.9. The lowest BCUT2D eigenvalue weighted by atomic mass is 10.0. The Balaban J connectivity index is 1.44. The summed E-state index contributed by atoms with van der Waals surface area (Å²) in [6.45, 7) is 6.56. The van der Waals surface area contributed by atoms with Crippen LogP contribution in [0.25, 0.3) is 0 Å². The van der Waals surface area contributed by atoms with Crippen molar-refractivity contribution in [1.82, 2.24) is 9.80 Å². The van der Waals surface area contributed by atoms with Crippen molar-refractivity contribution >= 4 is 29.1 Å². The number of nitrogens with one attached hydrogen (secondary N) is 1. The number of carbonyl (C=O) groups is 3. The SMILES string of the molecule is CCCN(CC(=O)N1c2ccccc2NC(=O)CC1C)C1CCN(C(=O)c2ccccc2)CC1. The fourth-order valence-electron chi connectivity index (χ4n) is 5.09. The molecule has 0 bridgehead atoms. The molecule has 1 saturated heterocycles. The number of anilines is 2. The van der Waals surface area contributed by atoms with E-state index in [4.69, 9.17) is 0 Å². The molecule has 2 heterocycles. The fourth-order valence-corrected chi connectivity index (χ4v) is 5.09. The minimum Gasteiger partial charge on any atom is -0.339 e. The number of hydrogen-bond acceptors (Lipinski definition) is 4. The van der Waals surface area contributed by atoms with Crippen LogP contribution in [0.3, 0.4) is 0 Å². The van der Waals surface area contributed by atoms with Crippen LogP contribution < -0.4 is 10.2 Å². The lowest BCUT2D eigenvalue weighted by Crippen LogP contribution is -2.51. The van der Waals surface area contributed by atoms with Gasteiger partial charge in [-0.2, -0.15) is 0 Å². The molecule has 180 valence electrons. The number of piperidine rings is 1. The van der Waals surface area contributed by atoms with Crippen molar-refractivity contribution in [2.24, 2.45) is 0 Å². The molecule has 1 fully saturated rings. The van der Waals surface area contributed by atoms with Crippen molar-refractivity contribution in [3.8, 4) is 0 Å². The molecule has 2 aromatic rings. The molecule has 0 aliphatic carbocycles. The Kier molecular flexibility index (Phi) is 7.63. The lowest BCUT2D eigenvalue weighted by molar-refractivity contribution is -0.121. The summed E-state index contributed by atoms with van der Waals surface area (Å²) in [5.74, 6) is 0.00754. The van der Waals surface area contributed by atoms with Gasteiger partial charge in [-0.15, -0.1) is 0 Å². The summed E-state index contributed by atoms with van der Waals surface area (Å²) in [4.78, 5) is 44.7. The summed E-state index contributed by atoms with van der Waals surface area (Å²) < 4.78 is 0. The molecular formula is C27H34N4O3. The van der Waals surface area contributed by atoms with Gasteiger partial charge in [0.05, 0.1) is 17.9 Å². The first-order chi connectivity index (χ1) is 16.5. The zero-order valence-electron chi connectivity index (χ0n) is 20.1. The number of nitrogens with zero attached hydrogens (tertiary/aromatic N) is 3. The van der Waals surface area contributed by atoms with E-state index in [1.54, 1.807) is 4.90 Å². The largest absolute Gasteiger partial charge is 0.339 e. The smallest absolute Gasteiger partial charge is 0.253 e. The predicted octanol–water partition coefficient (Wildman–Crippen LogP) is 3.77. The number of rotatable bonds is 6. The van der Waals surface area contributed by atoms with Gasteiger partial charge < -0.3 is 15.1 Å². The Morgan fingerprint density at radius 2 is 1.71 bits per heavy atom. The number of amides is 3. The van der Waals surface area contributed by atoms with Crippen LogP contribution in [-0.4, -0.2) is 65.8 Å². The highest BCUT2D eigenvalue weighted by Crippen LogP contribution is 2.31. The molecule has 1 unspecified atom stereocenters. The highest BCUT2D eigenvalue weighted by Gasteiger charge is 2.33. The van der Waals surface area contributed by atoms with Gasteiger partial charge in [0.25, 0.3) is 5.91 Å². The van der Waals surface area contributed by atoms with Crippen LogP contribution in [0.1, 0.15) is 49.9 Å². The van der Waals surface area contributed by atoms with Crippen molar-refractivity contribution < 1.29 is 14.4 Å². The number of para-hydroxylation sites is 2. The Labute approximate surface area is 201 Å². The van der Waals surface area contributed by atoms with Gasteiger partial charge in [-0.1, -0.05) is 37.3 Å². The van der Waals surface area contributed by atoms with Gasteiger partial charge in [0.2, 0.25) is 11.8 Å². The van der Waals surface area contributed by atoms with Crippen LogP contribution in [0.5, 0.6) is 0 Å². The molecule has 2 aliphatic rings. The molecule has 0 radical (unpaired) electrons. The van der Waals surface area contributed by atoms with Crippen molar-refractivity contribution in [3.63, 3.8) is 0 Å². The Morgan fingerprint density at radius 1 is 1.03 bits per heavy atom. The van der Waals surface area contributed by atoms with Crippen LogP contribution in [0.4, 0.5) is 11.4 Å². The van der Waals surface area contributed by atoms with Gasteiger partial charge in [0.1, 0.15) is 0 Å². The van der Waals surface area contributed by atoms with Gasteiger partial charge in [0, 0.05) is 37.2 Å². The number of likely N-dealkylation sites (tertiary alicyclic amines) is 1. The number of carbonyl (C=O) groups excluding carboxylic acids is 3. The molecule has 2 aromatic carbocycles. The Morgan fingerprint density at radius 3 is 2.41 bits per heavy atom. The Bertz CT molecular complexity index is 1020. The molecule has 3 amide bonds. The predicted molar refractivity (Wildman–Crippen MR) is 134 cm³/mol. The summed E-state index contributed by atoms with van der Waals surface area (Å²) in [6.07, 6.45) is 2.91. The van der Waals surface area contributed by atoms with Crippen molar-refractivity contribution in [3.05, 3.63) is 60.2 Å². The van der Waals surface area contributed by atoms with E-state index in [2.05, 4.69) is 17.1 Å². The minimum atomic E-state index is -0.218. The van der Waals surface area contributed by atoms with E-state index >= 15 is 0 Å². The zero-order chi connectivity index (χ0) is 24.1. The number of fused-ring (bicyclic) bond motifs is 1. The highest BCUT2D eigenvalue weighted by atomic mass is 16.2. The molecule has 0 saturated carbocycles. The molecule has 2 aliphatic heterocycles. The average Bonchev–Trinajstić information content (AvgIpc) is 2.98. The van der Waals surface area contributed by atoms with E-state index in [1.807, 2.05) is 66.4 Å². The van der Waals surface area contributed by atoms with E-state index in [0.29, 0.717) is 25.3 Å². The lowest BCUT2D eigenvalue weighted by Gasteiger charge is -2.39. The monoisotopic (exact) mass is 462 g/mol. The topological polar surface area (TPSA) is 73.0 Å². The van der Waals surface area contributed by atoms with E-state index in [1.165, 1.54) is 0 Å². The second-order valence-corrected chi connectivity index (χ2v) is 9.24. The maximum absolute atomic E-state index is 13.6. The maximum atomic E-state index is 13.6. The first kappa shape index (κ1) is 24.0. The molecule has 7 nitrogen and oxygen atoms in total. The van der Waals surface area contributed by atoms with Crippen LogP contribution in [0, 0.1) is 0 Å². The number of benzene rings is 2. The van der Waals surface area contributed by atoms with Gasteiger partial charge >= 0.3 is 0 Å². The van der Waals surface area contributed by atoms with Crippen LogP contribution in [0.15, 0.2) is 54.6 Å². The highest BCUT2D eigenvalue weighted by molar-refractivity contribution is 6.05.